The van der Waals surface area contributed by atoms with Gasteiger partial charge in [0.25, 0.3) is 5.56 Å². The Kier molecular flexibility index (Phi) is 10.5. The van der Waals surface area contributed by atoms with Crippen LogP contribution < -0.4 is 20.3 Å². The van der Waals surface area contributed by atoms with Crippen molar-refractivity contribution in [3.63, 3.8) is 0 Å². The van der Waals surface area contributed by atoms with Gasteiger partial charge < -0.3 is 15.5 Å². The molecule has 0 saturated carbocycles. The Balaban J connectivity index is -0.00000141. The lowest BCUT2D eigenvalue weighted by Gasteiger charge is -2.20. The maximum absolute atomic E-state index is 14.2. The number of ether oxygens (including phenoxy) is 1. The van der Waals surface area contributed by atoms with Gasteiger partial charge in [-0.15, -0.1) is 0 Å². The highest BCUT2D eigenvalue weighted by molar-refractivity contribution is 7.86. The molecule has 0 fully saturated rings. The average Bonchev–Trinajstić information content (AvgIpc) is 2.64. The zero-order chi connectivity index (χ0) is 20.7. The second kappa shape index (κ2) is 11.5. The van der Waals surface area contributed by atoms with Crippen molar-refractivity contribution in [1.29, 1.82) is 0 Å². The smallest absolute Gasteiger partial charge is 0.255 e. The Bertz CT molecular complexity index is 880. The summed E-state index contributed by atoms with van der Waals surface area (Å²) in [4.78, 5) is 12.2. The Morgan fingerprint density at radius 1 is 1.25 bits per heavy atom. The summed E-state index contributed by atoms with van der Waals surface area (Å²) < 4.78 is 35.9. The van der Waals surface area contributed by atoms with Crippen LogP contribution in [0.25, 0.3) is 0 Å². The van der Waals surface area contributed by atoms with E-state index in [1.807, 2.05) is 13.8 Å². The summed E-state index contributed by atoms with van der Waals surface area (Å²) in [5.74, 6) is 0.0411. The van der Waals surface area contributed by atoms with Crippen LogP contribution in [0.5, 0.6) is 5.75 Å². The number of aromatic nitrogens is 1. The fourth-order valence-electron chi connectivity index (χ4n) is 2.15. The van der Waals surface area contributed by atoms with Gasteiger partial charge in [-0.3, -0.25) is 14.1 Å². The van der Waals surface area contributed by atoms with Crippen molar-refractivity contribution in [2.75, 3.05) is 17.1 Å². The number of halogens is 1. The normalized spacial score (nSPS) is 11.0. The number of methoxy groups -OCH3 is 1. The summed E-state index contributed by atoms with van der Waals surface area (Å²) in [5, 5.41) is 2.75. The molecule has 0 saturated heterocycles. The molecule has 0 radical (unpaired) electrons. The molecule has 0 aliphatic heterocycles. The summed E-state index contributed by atoms with van der Waals surface area (Å²) >= 11 is 0. The van der Waals surface area contributed by atoms with E-state index in [2.05, 4.69) is 10.0 Å². The van der Waals surface area contributed by atoms with Gasteiger partial charge in [0, 0.05) is 21.2 Å². The minimum Gasteiger partial charge on any atom is -0.494 e. The van der Waals surface area contributed by atoms with Crippen molar-refractivity contribution in [2.45, 2.75) is 39.9 Å². The molecule has 4 N–H and O–H groups in total. The highest BCUT2D eigenvalue weighted by atomic mass is 32.2. The van der Waals surface area contributed by atoms with Gasteiger partial charge in [0.15, 0.2) is 5.75 Å². The molecular formula is C19H34FN3O4S. The van der Waals surface area contributed by atoms with E-state index >= 15 is 0 Å². The molecular weight excluding hydrogens is 385 g/mol. The van der Waals surface area contributed by atoms with Crippen LogP contribution in [0, 0.1) is 12.7 Å². The van der Waals surface area contributed by atoms with Crippen LogP contribution in [-0.2, 0) is 18.0 Å². The Hall–Kier alpha value is -2.39. The molecule has 0 amide bonds. The Morgan fingerprint density at radius 3 is 2.36 bits per heavy atom. The van der Waals surface area contributed by atoms with Gasteiger partial charge in [0.05, 0.1) is 12.8 Å². The van der Waals surface area contributed by atoms with Crippen molar-refractivity contribution in [2.24, 2.45) is 7.05 Å². The molecule has 1 heterocycles. The van der Waals surface area contributed by atoms with E-state index in [9.17, 15) is 13.4 Å². The summed E-state index contributed by atoms with van der Waals surface area (Å²) in [7, 11) is 1.55. The maximum atomic E-state index is 14.2. The zero-order valence-electron chi connectivity index (χ0n) is 17.3. The largest absolute Gasteiger partial charge is 0.494 e. The van der Waals surface area contributed by atoms with E-state index in [0.717, 1.165) is 5.56 Å². The molecule has 1 unspecified atom stereocenters. The molecule has 7 nitrogen and oxygen atoms in total. The molecule has 0 aliphatic carbocycles. The fourth-order valence-corrected chi connectivity index (χ4v) is 2.78. The maximum Gasteiger partial charge on any atom is 0.255 e. The van der Waals surface area contributed by atoms with Crippen LogP contribution in [0.3, 0.4) is 0 Å². The molecule has 0 aliphatic rings. The van der Waals surface area contributed by atoms with Gasteiger partial charge in [-0.2, -0.15) is 0 Å². The lowest BCUT2D eigenvalue weighted by molar-refractivity contribution is 0.415. The van der Waals surface area contributed by atoms with Gasteiger partial charge in [-0.1, -0.05) is 19.9 Å². The molecule has 28 heavy (non-hydrogen) atoms. The van der Waals surface area contributed by atoms with Crippen LogP contribution in [-0.4, -0.2) is 26.6 Å². The first-order chi connectivity index (χ1) is 12.7. The minimum atomic E-state index is -1.41. The van der Waals surface area contributed by atoms with Crippen molar-refractivity contribution in [3.05, 3.63) is 46.0 Å². The first-order valence-corrected chi connectivity index (χ1v) is 9.94. The van der Waals surface area contributed by atoms with Crippen molar-refractivity contribution in [3.8, 4) is 5.75 Å². The molecule has 2 rings (SSSR count). The average molecular weight is 420 g/mol. The second-order valence-electron chi connectivity index (χ2n) is 5.89. The molecule has 1 atom stereocenters. The number of pyridine rings is 1. The predicted molar refractivity (Wildman–Crippen MR) is 119 cm³/mol. The van der Waals surface area contributed by atoms with Gasteiger partial charge in [-0.25, -0.2) is 8.60 Å². The molecule has 2 aromatic rings. The van der Waals surface area contributed by atoms with Crippen LogP contribution in [0.4, 0.5) is 21.6 Å². The van der Waals surface area contributed by atoms with E-state index in [0.29, 0.717) is 5.69 Å². The van der Waals surface area contributed by atoms with Crippen LogP contribution in [0.1, 0.15) is 36.1 Å². The molecule has 1 aromatic heterocycles. The van der Waals surface area contributed by atoms with Crippen molar-refractivity contribution < 1.29 is 21.7 Å². The zero-order valence-corrected chi connectivity index (χ0v) is 18.2. The number of benzene rings is 1. The number of anilines is 3. The van der Waals surface area contributed by atoms with Crippen molar-refractivity contribution in [1.82, 2.24) is 4.57 Å². The number of nitrogens with zero attached hydrogens (tertiary/aromatic N) is 1. The second-order valence-corrected chi connectivity index (χ2v) is 7.63. The van der Waals surface area contributed by atoms with E-state index in [-0.39, 0.29) is 36.4 Å². The number of hydrogen-bond acceptors (Lipinski definition) is 4. The molecule has 0 spiro atoms. The monoisotopic (exact) mass is 419 g/mol. The minimum absolute atomic E-state index is 0. The van der Waals surface area contributed by atoms with Crippen molar-refractivity contribution >= 4 is 28.2 Å². The first kappa shape index (κ1) is 25.6. The van der Waals surface area contributed by atoms with Gasteiger partial charge in [-0.05, 0) is 38.5 Å². The number of nitrogens with one attached hydrogen (secondary N) is 2. The van der Waals surface area contributed by atoms with E-state index in [4.69, 9.17) is 4.74 Å². The van der Waals surface area contributed by atoms with E-state index in [1.54, 1.807) is 40.0 Å². The highest BCUT2D eigenvalue weighted by Gasteiger charge is 2.19. The van der Waals surface area contributed by atoms with Gasteiger partial charge in [0.2, 0.25) is 0 Å². The lowest BCUT2D eigenvalue weighted by Crippen LogP contribution is -2.23. The third-order valence-corrected chi connectivity index (χ3v) is 4.89. The summed E-state index contributed by atoms with van der Waals surface area (Å²) in [6, 6.07) is 6.01. The van der Waals surface area contributed by atoms with Gasteiger partial charge >= 0.3 is 0 Å². The van der Waals surface area contributed by atoms with Crippen LogP contribution in [0.15, 0.2) is 29.1 Å². The van der Waals surface area contributed by atoms with E-state index < -0.39 is 16.8 Å². The Labute approximate surface area is 170 Å². The quantitative estimate of drug-likeness (QED) is 0.744. The molecule has 162 valence electrons. The molecule has 9 heteroatoms. The van der Waals surface area contributed by atoms with Crippen LogP contribution >= 0.6 is 0 Å². The van der Waals surface area contributed by atoms with Crippen LogP contribution in [0.2, 0.25) is 0 Å². The third kappa shape index (κ3) is 6.07. The van der Waals surface area contributed by atoms with E-state index in [1.165, 1.54) is 23.8 Å². The van der Waals surface area contributed by atoms with Gasteiger partial charge in [0.1, 0.15) is 28.3 Å². The predicted octanol–water partition coefficient (Wildman–Crippen LogP) is 3.76. The summed E-state index contributed by atoms with van der Waals surface area (Å²) in [5.41, 5.74) is 0.971. The first-order valence-electron chi connectivity index (χ1n) is 8.73. The molecule has 0 bridgehead atoms. The topological polar surface area (TPSA) is 104 Å². The number of aryl methyl sites for hydroxylation is 1. The standard InChI is InChI=1S/C17H22FN3O3S.C2H6.H2O.2H2/c1-10(2)25(23)20-16-14(24-5)9-15(22)21(4)17(16)19-13-7-6-11(3)8-12(13)18;1-2;;;/h6-10,19-20H,1-5H3;1-2H3;1H2;2*1H. The Morgan fingerprint density at radius 2 is 1.86 bits per heavy atom. The summed E-state index contributed by atoms with van der Waals surface area (Å²) in [6.07, 6.45) is 0. The highest BCUT2D eigenvalue weighted by Crippen LogP contribution is 2.34. The molecule has 1 aromatic carbocycles. The SMILES string of the molecule is CC.COc1cc(=O)n(C)c(Nc2ccc(C)cc2F)c1NS(=O)C(C)C.O.[HH].[HH]. The number of hydrogen-bond donors (Lipinski definition) is 2. The third-order valence-electron chi connectivity index (χ3n) is 3.63. The fraction of sp³-hybridized carbons (Fsp3) is 0.421. The summed E-state index contributed by atoms with van der Waals surface area (Å²) in [6.45, 7) is 9.38. The number of rotatable bonds is 6. The lowest BCUT2D eigenvalue weighted by atomic mass is 10.2.